The Balaban J connectivity index is 1.50. The van der Waals surface area contributed by atoms with E-state index >= 15 is 0 Å². The molecule has 1 aromatic carbocycles. The number of aromatic nitrogens is 1. The number of halogens is 1. The quantitative estimate of drug-likeness (QED) is 0.796. The third-order valence-corrected chi connectivity index (χ3v) is 5.77. The number of pyridine rings is 1. The largest absolute Gasteiger partial charge is 0.342 e. The second-order valence-electron chi connectivity index (χ2n) is 7.56. The molecule has 1 aliphatic heterocycles. The molecule has 2 aromatic rings. The van der Waals surface area contributed by atoms with E-state index in [1.54, 1.807) is 12.1 Å². The van der Waals surface area contributed by atoms with Crippen molar-refractivity contribution in [3.8, 4) is 11.3 Å². The third kappa shape index (κ3) is 3.64. The lowest BCUT2D eigenvalue weighted by Crippen LogP contribution is -2.42. The molecule has 0 unspecified atom stereocenters. The molecule has 2 aliphatic rings. The number of rotatable bonds is 3. The molecule has 1 saturated heterocycles. The van der Waals surface area contributed by atoms with Crippen LogP contribution < -0.4 is 0 Å². The number of hydrogen-bond donors (Lipinski definition) is 0. The van der Waals surface area contributed by atoms with Gasteiger partial charge >= 0.3 is 0 Å². The predicted octanol–water partition coefficient (Wildman–Crippen LogP) is 4.78. The van der Waals surface area contributed by atoms with Gasteiger partial charge in [-0.15, -0.1) is 0 Å². The smallest absolute Gasteiger partial charge is 0.225 e. The second-order valence-corrected chi connectivity index (χ2v) is 7.56. The normalized spacial score (nSPS) is 21.1. The van der Waals surface area contributed by atoms with Gasteiger partial charge < -0.3 is 4.90 Å². The zero-order valence-electron chi connectivity index (χ0n) is 15.0. The highest BCUT2D eigenvalue weighted by molar-refractivity contribution is 5.79. The summed E-state index contributed by atoms with van der Waals surface area (Å²) in [7, 11) is 0. The fraction of sp³-hybridized carbons (Fsp3) is 0.455. The van der Waals surface area contributed by atoms with Crippen LogP contribution in [0.2, 0.25) is 0 Å². The number of carbonyl (C=O) groups is 1. The number of benzene rings is 1. The molecule has 1 amide bonds. The summed E-state index contributed by atoms with van der Waals surface area (Å²) in [6, 6.07) is 12.5. The van der Waals surface area contributed by atoms with Crippen molar-refractivity contribution in [1.82, 2.24) is 9.88 Å². The van der Waals surface area contributed by atoms with Crippen molar-refractivity contribution < 1.29 is 9.18 Å². The molecule has 3 nitrogen and oxygen atoms in total. The molecular formula is C22H25FN2O. The molecule has 26 heavy (non-hydrogen) atoms. The van der Waals surface area contributed by atoms with Gasteiger partial charge in [0.05, 0.1) is 5.69 Å². The van der Waals surface area contributed by atoms with Crippen molar-refractivity contribution in [3.05, 3.63) is 54.0 Å². The molecule has 0 spiro atoms. The van der Waals surface area contributed by atoms with E-state index in [0.29, 0.717) is 5.91 Å². The van der Waals surface area contributed by atoms with Gasteiger partial charge in [0, 0.05) is 36.2 Å². The van der Waals surface area contributed by atoms with Crippen LogP contribution in [0.5, 0.6) is 0 Å². The minimum Gasteiger partial charge on any atom is -0.342 e. The van der Waals surface area contributed by atoms with Gasteiger partial charge in [-0.2, -0.15) is 0 Å². The van der Waals surface area contributed by atoms with Crippen LogP contribution in [0.25, 0.3) is 11.3 Å². The van der Waals surface area contributed by atoms with Gasteiger partial charge in [0.1, 0.15) is 5.82 Å². The Morgan fingerprint density at radius 1 is 1.00 bits per heavy atom. The van der Waals surface area contributed by atoms with Crippen molar-refractivity contribution in [2.45, 2.75) is 44.4 Å². The molecular weight excluding hydrogens is 327 g/mol. The van der Waals surface area contributed by atoms with Crippen molar-refractivity contribution in [3.63, 3.8) is 0 Å². The number of piperidine rings is 1. The summed E-state index contributed by atoms with van der Waals surface area (Å²) in [5.74, 6) is 0.641. The van der Waals surface area contributed by atoms with Crippen molar-refractivity contribution >= 4 is 5.91 Å². The van der Waals surface area contributed by atoms with E-state index in [1.165, 1.54) is 25.0 Å². The van der Waals surface area contributed by atoms with E-state index in [0.717, 1.165) is 55.7 Å². The van der Waals surface area contributed by atoms with E-state index in [4.69, 9.17) is 4.98 Å². The first-order valence-electron chi connectivity index (χ1n) is 9.72. The maximum absolute atomic E-state index is 13.2. The molecule has 1 aliphatic carbocycles. The van der Waals surface area contributed by atoms with Crippen LogP contribution in [0.1, 0.15) is 50.1 Å². The topological polar surface area (TPSA) is 33.2 Å². The monoisotopic (exact) mass is 352 g/mol. The van der Waals surface area contributed by atoms with Crippen LogP contribution in [0.3, 0.4) is 0 Å². The molecule has 2 fully saturated rings. The molecule has 0 bridgehead atoms. The summed E-state index contributed by atoms with van der Waals surface area (Å²) < 4.78 is 13.2. The molecule has 136 valence electrons. The first kappa shape index (κ1) is 17.2. The lowest BCUT2D eigenvalue weighted by Gasteiger charge is -2.34. The fourth-order valence-electron chi connectivity index (χ4n) is 4.31. The van der Waals surface area contributed by atoms with Gasteiger partial charge in [-0.3, -0.25) is 9.78 Å². The average molecular weight is 352 g/mol. The van der Waals surface area contributed by atoms with Gasteiger partial charge in [-0.05, 0) is 62.1 Å². The van der Waals surface area contributed by atoms with E-state index in [1.807, 2.05) is 12.1 Å². The number of likely N-dealkylation sites (tertiary alicyclic amines) is 1. The first-order valence-corrected chi connectivity index (χ1v) is 9.72. The molecule has 4 heteroatoms. The van der Waals surface area contributed by atoms with Gasteiger partial charge in [0.25, 0.3) is 0 Å². The lowest BCUT2D eigenvalue weighted by atomic mass is 9.92. The van der Waals surface area contributed by atoms with Crippen molar-refractivity contribution in [2.75, 3.05) is 13.1 Å². The fourth-order valence-corrected chi connectivity index (χ4v) is 4.31. The van der Waals surface area contributed by atoms with Crippen LogP contribution >= 0.6 is 0 Å². The van der Waals surface area contributed by atoms with Crippen LogP contribution in [-0.4, -0.2) is 28.9 Å². The second kappa shape index (κ2) is 7.56. The minimum atomic E-state index is -0.238. The summed E-state index contributed by atoms with van der Waals surface area (Å²) >= 11 is 0. The van der Waals surface area contributed by atoms with E-state index in [-0.39, 0.29) is 17.7 Å². The Kier molecular flexibility index (Phi) is 5.00. The van der Waals surface area contributed by atoms with Crippen LogP contribution in [0.4, 0.5) is 4.39 Å². The summed E-state index contributed by atoms with van der Waals surface area (Å²) in [5.41, 5.74) is 2.82. The van der Waals surface area contributed by atoms with Gasteiger partial charge in [-0.1, -0.05) is 18.9 Å². The number of carbonyl (C=O) groups excluding carboxylic acids is 1. The van der Waals surface area contributed by atoms with Gasteiger partial charge in [-0.25, -0.2) is 4.39 Å². The maximum atomic E-state index is 13.2. The summed E-state index contributed by atoms with van der Waals surface area (Å²) in [4.78, 5) is 19.7. The Hall–Kier alpha value is -2.23. The summed E-state index contributed by atoms with van der Waals surface area (Å²) in [6.07, 6.45) is 6.58. The number of nitrogens with zero attached hydrogens (tertiary/aromatic N) is 2. The highest BCUT2D eigenvalue weighted by Crippen LogP contribution is 2.31. The van der Waals surface area contributed by atoms with E-state index < -0.39 is 0 Å². The maximum Gasteiger partial charge on any atom is 0.225 e. The molecule has 1 saturated carbocycles. The number of amides is 1. The molecule has 2 heterocycles. The zero-order valence-corrected chi connectivity index (χ0v) is 15.0. The summed E-state index contributed by atoms with van der Waals surface area (Å²) in [5, 5.41) is 0. The predicted molar refractivity (Wildman–Crippen MR) is 100 cm³/mol. The molecule has 0 N–H and O–H groups in total. The van der Waals surface area contributed by atoms with Gasteiger partial charge in [0.2, 0.25) is 5.91 Å². The van der Waals surface area contributed by atoms with E-state index in [9.17, 15) is 9.18 Å². The Morgan fingerprint density at radius 2 is 1.77 bits per heavy atom. The molecule has 4 rings (SSSR count). The van der Waals surface area contributed by atoms with Crippen molar-refractivity contribution in [1.29, 1.82) is 0 Å². The molecule has 1 atom stereocenters. The summed E-state index contributed by atoms with van der Waals surface area (Å²) in [6.45, 7) is 1.65. The number of hydrogen-bond acceptors (Lipinski definition) is 2. The van der Waals surface area contributed by atoms with Gasteiger partial charge in [0.15, 0.2) is 0 Å². The van der Waals surface area contributed by atoms with Crippen molar-refractivity contribution in [2.24, 2.45) is 5.92 Å². The average Bonchev–Trinajstić information content (AvgIpc) is 3.23. The lowest BCUT2D eigenvalue weighted by molar-refractivity contribution is -0.136. The molecule has 0 radical (unpaired) electrons. The highest BCUT2D eigenvalue weighted by Gasteiger charge is 2.31. The minimum absolute atomic E-state index is 0.238. The third-order valence-electron chi connectivity index (χ3n) is 5.77. The van der Waals surface area contributed by atoms with Crippen LogP contribution in [0, 0.1) is 11.7 Å². The SMILES string of the molecule is O=C(C1CCCC1)N1CCC[C@@H](c2cccc(-c3ccc(F)cc3)n2)C1. The standard InChI is InChI=1S/C22H25FN2O/c23-19-12-10-16(11-13-19)20-8-3-9-21(24-20)18-7-4-14-25(15-18)22(26)17-5-1-2-6-17/h3,8-13,17-18H,1-2,4-7,14-15H2/t18-/m1/s1. The molecule has 1 aromatic heterocycles. The Bertz CT molecular complexity index is 768. The Morgan fingerprint density at radius 3 is 2.54 bits per heavy atom. The van der Waals surface area contributed by atoms with E-state index in [2.05, 4.69) is 11.0 Å². The zero-order chi connectivity index (χ0) is 17.9. The van der Waals surface area contributed by atoms with Crippen LogP contribution in [-0.2, 0) is 4.79 Å². The first-order chi connectivity index (χ1) is 12.7. The van der Waals surface area contributed by atoms with Crippen LogP contribution in [0.15, 0.2) is 42.5 Å². The highest BCUT2D eigenvalue weighted by atomic mass is 19.1. The Labute approximate surface area is 154 Å².